The molecule has 3 rings (SSSR count). The molecule has 1 fully saturated rings. The minimum atomic E-state index is -1.10. The first kappa shape index (κ1) is 13.7. The lowest BCUT2D eigenvalue weighted by Gasteiger charge is -2.23. The fourth-order valence-electron chi connectivity index (χ4n) is 2.52. The molecule has 0 amide bonds. The van der Waals surface area contributed by atoms with Crippen molar-refractivity contribution < 1.29 is 14.6 Å². The molecule has 1 aromatic heterocycles. The smallest absolute Gasteiger partial charge is 0.337 e. The number of rotatable bonds is 2. The SMILES string of the molecule is O=C(O)c1c(Cl)cc(Cl)c2c1cnn2C1CCCCO1. The van der Waals surface area contributed by atoms with Crippen molar-refractivity contribution in [1.29, 1.82) is 0 Å². The van der Waals surface area contributed by atoms with Crippen LogP contribution in [-0.2, 0) is 4.74 Å². The molecule has 0 bridgehead atoms. The lowest BCUT2D eigenvalue weighted by molar-refractivity contribution is -0.0366. The molecular weight excluding hydrogens is 303 g/mol. The van der Waals surface area contributed by atoms with E-state index in [1.54, 1.807) is 4.68 Å². The second-order valence-electron chi connectivity index (χ2n) is 4.69. The van der Waals surface area contributed by atoms with Gasteiger partial charge in [-0.1, -0.05) is 23.2 Å². The molecule has 0 aliphatic carbocycles. The molecule has 5 nitrogen and oxygen atoms in total. The van der Waals surface area contributed by atoms with Crippen LogP contribution in [0.15, 0.2) is 12.3 Å². The van der Waals surface area contributed by atoms with Gasteiger partial charge < -0.3 is 9.84 Å². The van der Waals surface area contributed by atoms with E-state index in [9.17, 15) is 9.90 Å². The van der Waals surface area contributed by atoms with E-state index in [-0.39, 0.29) is 16.8 Å². The summed E-state index contributed by atoms with van der Waals surface area (Å²) in [5, 5.41) is 14.4. The maximum atomic E-state index is 11.3. The average molecular weight is 315 g/mol. The van der Waals surface area contributed by atoms with E-state index in [1.165, 1.54) is 12.3 Å². The second-order valence-corrected chi connectivity index (χ2v) is 5.51. The van der Waals surface area contributed by atoms with Gasteiger partial charge in [0.15, 0.2) is 6.23 Å². The Morgan fingerprint density at radius 3 is 2.85 bits per heavy atom. The summed E-state index contributed by atoms with van der Waals surface area (Å²) in [5.74, 6) is -1.10. The van der Waals surface area contributed by atoms with Crippen LogP contribution in [0.1, 0.15) is 35.8 Å². The van der Waals surface area contributed by atoms with Gasteiger partial charge in [0.25, 0.3) is 0 Å². The second kappa shape index (κ2) is 5.24. The highest BCUT2D eigenvalue weighted by atomic mass is 35.5. The van der Waals surface area contributed by atoms with Crippen molar-refractivity contribution in [3.8, 4) is 0 Å². The van der Waals surface area contributed by atoms with E-state index in [0.29, 0.717) is 22.5 Å². The van der Waals surface area contributed by atoms with Gasteiger partial charge in [-0.15, -0.1) is 0 Å². The summed E-state index contributed by atoms with van der Waals surface area (Å²) < 4.78 is 7.33. The fraction of sp³-hybridized carbons (Fsp3) is 0.385. The number of halogens is 2. The molecule has 1 aromatic carbocycles. The molecule has 2 aromatic rings. The molecule has 2 heterocycles. The summed E-state index contributed by atoms with van der Waals surface area (Å²) in [5.41, 5.74) is 0.577. The third-order valence-electron chi connectivity index (χ3n) is 3.43. The maximum Gasteiger partial charge on any atom is 0.337 e. The van der Waals surface area contributed by atoms with E-state index in [4.69, 9.17) is 27.9 Å². The number of aromatic nitrogens is 2. The fourth-order valence-corrected chi connectivity index (χ4v) is 3.16. The predicted molar refractivity (Wildman–Crippen MR) is 75.6 cm³/mol. The number of carboxylic acid groups (broad SMARTS) is 1. The first-order valence-corrected chi connectivity index (χ1v) is 7.05. The van der Waals surface area contributed by atoms with Gasteiger partial charge >= 0.3 is 5.97 Å². The molecule has 7 heteroatoms. The highest BCUT2D eigenvalue weighted by molar-refractivity contribution is 6.40. The van der Waals surface area contributed by atoms with Crippen molar-refractivity contribution in [2.45, 2.75) is 25.5 Å². The van der Waals surface area contributed by atoms with Crippen LogP contribution < -0.4 is 0 Å². The molecule has 1 atom stereocenters. The van der Waals surface area contributed by atoms with Crippen molar-refractivity contribution in [3.05, 3.63) is 27.9 Å². The number of fused-ring (bicyclic) bond motifs is 1. The van der Waals surface area contributed by atoms with Crippen molar-refractivity contribution >= 4 is 40.1 Å². The number of benzene rings is 1. The van der Waals surface area contributed by atoms with Crippen LogP contribution in [0.5, 0.6) is 0 Å². The monoisotopic (exact) mass is 314 g/mol. The lowest BCUT2D eigenvalue weighted by Crippen LogP contribution is -2.19. The Morgan fingerprint density at radius 2 is 2.20 bits per heavy atom. The molecular formula is C13H12Cl2N2O3. The van der Waals surface area contributed by atoms with Crippen molar-refractivity contribution in [3.63, 3.8) is 0 Å². The van der Waals surface area contributed by atoms with Crippen molar-refractivity contribution in [1.82, 2.24) is 9.78 Å². The van der Waals surface area contributed by atoms with Gasteiger partial charge in [-0.25, -0.2) is 9.48 Å². The molecule has 0 saturated carbocycles. The molecule has 106 valence electrons. The molecule has 1 saturated heterocycles. The van der Waals surface area contributed by atoms with Crippen LogP contribution in [0.25, 0.3) is 10.9 Å². The van der Waals surface area contributed by atoms with E-state index in [2.05, 4.69) is 5.10 Å². The normalized spacial score (nSPS) is 19.4. The Balaban J connectivity index is 2.21. The number of nitrogens with zero attached hydrogens (tertiary/aromatic N) is 2. The summed E-state index contributed by atoms with van der Waals surface area (Å²) in [6.45, 7) is 0.670. The van der Waals surface area contributed by atoms with Gasteiger partial charge in [-0.05, 0) is 25.3 Å². The number of carbonyl (C=O) groups is 1. The van der Waals surface area contributed by atoms with Gasteiger partial charge in [0, 0.05) is 12.0 Å². The highest BCUT2D eigenvalue weighted by Gasteiger charge is 2.24. The Morgan fingerprint density at radius 1 is 1.40 bits per heavy atom. The molecule has 1 unspecified atom stereocenters. The zero-order valence-corrected chi connectivity index (χ0v) is 12.0. The first-order chi connectivity index (χ1) is 9.59. The predicted octanol–water partition coefficient (Wildman–Crippen LogP) is 3.74. The zero-order chi connectivity index (χ0) is 14.3. The Bertz CT molecular complexity index is 678. The number of hydrogen-bond acceptors (Lipinski definition) is 3. The lowest BCUT2D eigenvalue weighted by atomic mass is 10.1. The van der Waals surface area contributed by atoms with Crippen LogP contribution in [0, 0.1) is 0 Å². The number of hydrogen-bond donors (Lipinski definition) is 1. The van der Waals surface area contributed by atoms with Crippen LogP contribution in [0.2, 0.25) is 10.0 Å². The quantitative estimate of drug-likeness (QED) is 0.917. The zero-order valence-electron chi connectivity index (χ0n) is 10.5. The van der Waals surface area contributed by atoms with Gasteiger partial charge in [0.1, 0.15) is 0 Å². The van der Waals surface area contributed by atoms with Crippen molar-refractivity contribution in [2.24, 2.45) is 0 Å². The molecule has 1 aliphatic heterocycles. The maximum absolute atomic E-state index is 11.3. The van der Waals surface area contributed by atoms with Gasteiger partial charge in [0.2, 0.25) is 0 Å². The van der Waals surface area contributed by atoms with Gasteiger partial charge in [-0.2, -0.15) is 5.10 Å². The molecule has 0 radical (unpaired) electrons. The van der Waals surface area contributed by atoms with Crippen LogP contribution in [-0.4, -0.2) is 27.5 Å². The van der Waals surface area contributed by atoms with E-state index < -0.39 is 5.97 Å². The number of ether oxygens (including phenoxy) is 1. The summed E-state index contributed by atoms with van der Waals surface area (Å²) >= 11 is 12.2. The minimum absolute atomic E-state index is 0.0214. The Labute approximate surface area is 125 Å². The number of carboxylic acids is 1. The first-order valence-electron chi connectivity index (χ1n) is 6.29. The van der Waals surface area contributed by atoms with E-state index >= 15 is 0 Å². The Hall–Kier alpha value is -1.30. The highest BCUT2D eigenvalue weighted by Crippen LogP contribution is 2.35. The van der Waals surface area contributed by atoms with Crippen molar-refractivity contribution in [2.75, 3.05) is 6.61 Å². The summed E-state index contributed by atoms with van der Waals surface area (Å²) in [6.07, 6.45) is 4.17. The van der Waals surface area contributed by atoms with E-state index in [1.807, 2.05) is 0 Å². The summed E-state index contributed by atoms with van der Waals surface area (Å²) in [6, 6.07) is 1.44. The van der Waals surface area contributed by atoms with Crippen LogP contribution in [0.3, 0.4) is 0 Å². The molecule has 0 spiro atoms. The summed E-state index contributed by atoms with van der Waals surface area (Å²) in [7, 11) is 0. The molecule has 1 aliphatic rings. The molecule has 1 N–H and O–H groups in total. The Kier molecular flexibility index (Phi) is 3.58. The largest absolute Gasteiger partial charge is 0.478 e. The third-order valence-corrected chi connectivity index (χ3v) is 4.01. The van der Waals surface area contributed by atoms with Crippen LogP contribution in [0.4, 0.5) is 0 Å². The topological polar surface area (TPSA) is 64.3 Å². The minimum Gasteiger partial charge on any atom is -0.478 e. The summed E-state index contributed by atoms with van der Waals surface area (Å²) in [4.78, 5) is 11.3. The standard InChI is InChI=1S/C13H12Cl2N2O3/c14-8-5-9(15)12-7(11(8)13(18)19)6-16-17(12)10-3-1-2-4-20-10/h5-6,10H,1-4H2,(H,18,19). The average Bonchev–Trinajstić information content (AvgIpc) is 2.84. The van der Waals surface area contributed by atoms with Crippen LogP contribution >= 0.6 is 23.2 Å². The molecule has 20 heavy (non-hydrogen) atoms. The van der Waals surface area contributed by atoms with Gasteiger partial charge in [0.05, 0.1) is 27.3 Å². The van der Waals surface area contributed by atoms with E-state index in [0.717, 1.165) is 19.3 Å². The number of aromatic carboxylic acids is 1. The third kappa shape index (κ3) is 2.16. The van der Waals surface area contributed by atoms with Gasteiger partial charge in [-0.3, -0.25) is 0 Å².